The highest BCUT2D eigenvalue weighted by Gasteiger charge is 2.06. The second-order valence-electron chi connectivity index (χ2n) is 4.99. The topological polar surface area (TPSA) is 66.6 Å². The summed E-state index contributed by atoms with van der Waals surface area (Å²) in [6.45, 7) is 0. The number of rotatable bonds is 3. The zero-order chi connectivity index (χ0) is 17.8. The number of halogens is 2. The lowest BCUT2D eigenvalue weighted by atomic mass is 10.2. The van der Waals surface area contributed by atoms with E-state index in [0.29, 0.717) is 21.7 Å². The second-order valence-corrected chi connectivity index (χ2v) is 5.84. The van der Waals surface area contributed by atoms with Crippen LogP contribution < -0.4 is 16.2 Å². The monoisotopic (exact) mass is 375 g/mol. The van der Waals surface area contributed by atoms with Gasteiger partial charge in [0, 0.05) is 10.7 Å². The minimum absolute atomic E-state index is 0.191. The van der Waals surface area contributed by atoms with Gasteiger partial charge in [-0.15, -0.1) is 0 Å². The maximum Gasteiger partial charge on any atom is 0.201 e. The van der Waals surface area contributed by atoms with Crippen molar-refractivity contribution in [2.45, 2.75) is 0 Å². The van der Waals surface area contributed by atoms with Crippen molar-refractivity contribution in [3.63, 3.8) is 0 Å². The molecule has 0 spiro atoms. The summed E-state index contributed by atoms with van der Waals surface area (Å²) in [4.78, 5) is 12.4. The van der Waals surface area contributed by atoms with E-state index in [9.17, 15) is 9.18 Å². The largest absolute Gasteiger partial charge is 0.463 e. The van der Waals surface area contributed by atoms with Gasteiger partial charge in [-0.05, 0) is 54.7 Å². The summed E-state index contributed by atoms with van der Waals surface area (Å²) < 4.78 is 18.2. The van der Waals surface area contributed by atoms with Crippen molar-refractivity contribution in [3.05, 3.63) is 75.4 Å². The van der Waals surface area contributed by atoms with Crippen LogP contribution in [0.3, 0.4) is 0 Å². The molecule has 2 N–H and O–H groups in total. The van der Waals surface area contributed by atoms with Crippen LogP contribution in [-0.4, -0.2) is 11.3 Å². The minimum Gasteiger partial charge on any atom is -0.463 e. The average Bonchev–Trinajstić information content (AvgIpc) is 2.59. The number of benzene rings is 2. The SMILES string of the molecule is O=c1c(/C=N\NC(=S)Nc2ccc(F)cc2)coc2ccc(Cl)cc12. The predicted molar refractivity (Wildman–Crippen MR) is 101 cm³/mol. The fourth-order valence-electron chi connectivity index (χ4n) is 2.06. The van der Waals surface area contributed by atoms with E-state index >= 15 is 0 Å². The van der Waals surface area contributed by atoms with E-state index in [1.54, 1.807) is 12.1 Å². The van der Waals surface area contributed by atoms with Gasteiger partial charge in [-0.1, -0.05) is 11.6 Å². The molecule has 0 amide bonds. The molecule has 0 aliphatic heterocycles. The lowest BCUT2D eigenvalue weighted by Crippen LogP contribution is -2.24. The van der Waals surface area contributed by atoms with Crippen LogP contribution in [-0.2, 0) is 0 Å². The van der Waals surface area contributed by atoms with E-state index in [0.717, 1.165) is 0 Å². The van der Waals surface area contributed by atoms with Gasteiger partial charge in [0.05, 0.1) is 17.2 Å². The van der Waals surface area contributed by atoms with Crippen LogP contribution in [0, 0.1) is 5.82 Å². The Hall–Kier alpha value is -2.77. The Kier molecular flexibility index (Phi) is 5.06. The summed E-state index contributed by atoms with van der Waals surface area (Å²) >= 11 is 11.0. The van der Waals surface area contributed by atoms with Gasteiger partial charge in [0.25, 0.3) is 0 Å². The molecule has 0 bridgehead atoms. The van der Waals surface area contributed by atoms with E-state index in [4.69, 9.17) is 28.2 Å². The number of fused-ring (bicyclic) bond motifs is 1. The third kappa shape index (κ3) is 4.20. The molecular weight excluding hydrogens is 365 g/mol. The molecule has 25 heavy (non-hydrogen) atoms. The highest BCUT2D eigenvalue weighted by atomic mass is 35.5. The molecule has 1 heterocycles. The highest BCUT2D eigenvalue weighted by molar-refractivity contribution is 7.80. The normalized spacial score (nSPS) is 11.0. The molecule has 8 heteroatoms. The van der Waals surface area contributed by atoms with Crippen molar-refractivity contribution < 1.29 is 8.81 Å². The number of nitrogens with zero attached hydrogens (tertiary/aromatic N) is 1. The summed E-state index contributed by atoms with van der Waals surface area (Å²) in [7, 11) is 0. The average molecular weight is 376 g/mol. The van der Waals surface area contributed by atoms with Crippen molar-refractivity contribution >= 4 is 51.8 Å². The Balaban J connectivity index is 1.70. The quantitative estimate of drug-likeness (QED) is 0.413. The third-order valence-corrected chi connectivity index (χ3v) is 3.66. The Morgan fingerprint density at radius 2 is 2.00 bits per heavy atom. The Bertz CT molecular complexity index is 1020. The molecule has 126 valence electrons. The fraction of sp³-hybridized carbons (Fsp3) is 0. The van der Waals surface area contributed by atoms with E-state index in [2.05, 4.69) is 15.8 Å². The van der Waals surface area contributed by atoms with Gasteiger partial charge >= 0.3 is 0 Å². The number of anilines is 1. The maximum atomic E-state index is 12.8. The van der Waals surface area contributed by atoms with Crippen LogP contribution in [0.1, 0.15) is 5.56 Å². The first-order valence-corrected chi connectivity index (χ1v) is 7.88. The molecule has 3 rings (SSSR count). The molecule has 0 radical (unpaired) electrons. The first-order chi connectivity index (χ1) is 12.0. The molecule has 0 fully saturated rings. The maximum absolute atomic E-state index is 12.8. The third-order valence-electron chi connectivity index (χ3n) is 3.23. The molecule has 0 saturated carbocycles. The lowest BCUT2D eigenvalue weighted by molar-refractivity contribution is 0.601. The van der Waals surface area contributed by atoms with E-state index in [1.165, 1.54) is 42.8 Å². The molecule has 2 aromatic carbocycles. The summed E-state index contributed by atoms with van der Waals surface area (Å²) in [5, 5.41) is 7.72. The van der Waals surface area contributed by atoms with Gasteiger partial charge in [0.2, 0.25) is 5.43 Å². The molecule has 5 nitrogen and oxygen atoms in total. The number of nitrogens with one attached hydrogen (secondary N) is 2. The first-order valence-electron chi connectivity index (χ1n) is 7.09. The van der Waals surface area contributed by atoms with Crippen LogP contribution in [0.15, 0.2) is 63.0 Å². The minimum atomic E-state index is -0.342. The number of thiocarbonyl (C=S) groups is 1. The standard InChI is InChI=1S/C17H11ClFN3O2S/c18-11-1-6-15-14(7-11)16(23)10(9-24-15)8-20-22-17(25)21-13-4-2-12(19)3-5-13/h1-9H,(H2,21,22,25)/b20-8-. The number of hydrogen-bond acceptors (Lipinski definition) is 4. The van der Waals surface area contributed by atoms with Crippen LogP contribution >= 0.6 is 23.8 Å². The molecular formula is C17H11ClFN3O2S. The van der Waals surface area contributed by atoms with E-state index in [1.807, 2.05) is 0 Å². The van der Waals surface area contributed by atoms with Gasteiger partial charge in [-0.25, -0.2) is 4.39 Å². The second kappa shape index (κ2) is 7.42. The Morgan fingerprint density at radius 3 is 2.76 bits per heavy atom. The number of hydrazone groups is 1. The first kappa shape index (κ1) is 17.1. The van der Waals surface area contributed by atoms with Crippen molar-refractivity contribution in [1.82, 2.24) is 5.43 Å². The molecule has 0 atom stereocenters. The van der Waals surface area contributed by atoms with Crippen LogP contribution in [0.4, 0.5) is 10.1 Å². The predicted octanol–water partition coefficient (Wildman–Crippen LogP) is 3.91. The highest BCUT2D eigenvalue weighted by Crippen LogP contribution is 2.16. The molecule has 1 aromatic heterocycles. The van der Waals surface area contributed by atoms with E-state index < -0.39 is 0 Å². The van der Waals surface area contributed by atoms with E-state index in [-0.39, 0.29) is 21.9 Å². The smallest absolute Gasteiger partial charge is 0.201 e. The zero-order valence-corrected chi connectivity index (χ0v) is 14.2. The lowest BCUT2D eigenvalue weighted by Gasteiger charge is -2.06. The zero-order valence-electron chi connectivity index (χ0n) is 12.6. The van der Waals surface area contributed by atoms with Crippen molar-refractivity contribution in [3.8, 4) is 0 Å². The van der Waals surface area contributed by atoms with Crippen molar-refractivity contribution in [1.29, 1.82) is 0 Å². The molecule has 0 unspecified atom stereocenters. The molecule has 0 aliphatic carbocycles. The van der Waals surface area contributed by atoms with Gasteiger partial charge < -0.3 is 9.73 Å². The summed E-state index contributed by atoms with van der Waals surface area (Å²) in [5.74, 6) is -0.342. The van der Waals surface area contributed by atoms with Crippen LogP contribution in [0.2, 0.25) is 5.02 Å². The van der Waals surface area contributed by atoms with Crippen LogP contribution in [0.25, 0.3) is 11.0 Å². The fourth-order valence-corrected chi connectivity index (χ4v) is 2.40. The summed E-state index contributed by atoms with van der Waals surface area (Å²) in [5.41, 5.74) is 3.60. The van der Waals surface area contributed by atoms with Gasteiger partial charge in [0.15, 0.2) is 5.11 Å². The van der Waals surface area contributed by atoms with Crippen molar-refractivity contribution in [2.75, 3.05) is 5.32 Å². The molecule has 3 aromatic rings. The van der Waals surface area contributed by atoms with Gasteiger partial charge in [-0.3, -0.25) is 10.2 Å². The van der Waals surface area contributed by atoms with Crippen LogP contribution in [0.5, 0.6) is 0 Å². The molecule has 0 saturated heterocycles. The Labute approximate surface area is 152 Å². The molecule has 0 aliphatic rings. The Morgan fingerprint density at radius 1 is 1.24 bits per heavy atom. The van der Waals surface area contributed by atoms with Gasteiger partial charge in [-0.2, -0.15) is 5.10 Å². The van der Waals surface area contributed by atoms with Gasteiger partial charge in [0.1, 0.15) is 17.7 Å². The number of hydrogen-bond donors (Lipinski definition) is 2. The summed E-state index contributed by atoms with van der Waals surface area (Å²) in [6.07, 6.45) is 2.60. The van der Waals surface area contributed by atoms with Crippen molar-refractivity contribution in [2.24, 2.45) is 5.10 Å². The summed E-state index contributed by atoms with van der Waals surface area (Å²) in [6, 6.07) is 10.5.